The minimum atomic E-state index is 0.0914. The molecule has 2 unspecified atom stereocenters. The van der Waals surface area contributed by atoms with E-state index in [0.29, 0.717) is 24.0 Å². The molecular weight excluding hydrogens is 260 g/mol. The molecule has 0 aromatic heterocycles. The number of hydrogen-bond donors (Lipinski definition) is 1. The SMILES string of the molecule is CCCCC1NC(CC(C)C)N(C(C2CC2)C2CC2)C1=O. The summed E-state index contributed by atoms with van der Waals surface area (Å²) in [5, 5.41) is 3.68. The van der Waals surface area contributed by atoms with Crippen LogP contribution >= 0.6 is 0 Å². The summed E-state index contributed by atoms with van der Waals surface area (Å²) in [5.41, 5.74) is 0. The molecule has 0 bridgehead atoms. The highest BCUT2D eigenvalue weighted by Gasteiger charge is 2.51. The van der Waals surface area contributed by atoms with E-state index in [1.807, 2.05) is 0 Å². The van der Waals surface area contributed by atoms with Crippen LogP contribution in [0.4, 0.5) is 0 Å². The van der Waals surface area contributed by atoms with E-state index in [4.69, 9.17) is 0 Å². The van der Waals surface area contributed by atoms with E-state index < -0.39 is 0 Å². The summed E-state index contributed by atoms with van der Waals surface area (Å²) in [4.78, 5) is 15.3. The van der Waals surface area contributed by atoms with Gasteiger partial charge in [0.15, 0.2) is 0 Å². The van der Waals surface area contributed by atoms with Crippen LogP contribution in [0.25, 0.3) is 0 Å². The first-order valence-electron chi connectivity index (χ1n) is 9.20. The van der Waals surface area contributed by atoms with Gasteiger partial charge in [-0.05, 0) is 56.3 Å². The summed E-state index contributed by atoms with van der Waals surface area (Å²) in [5.74, 6) is 2.67. The van der Waals surface area contributed by atoms with Crippen molar-refractivity contribution in [1.82, 2.24) is 10.2 Å². The average Bonchev–Trinajstić information content (AvgIpc) is 3.32. The quantitative estimate of drug-likeness (QED) is 0.742. The van der Waals surface area contributed by atoms with E-state index in [1.165, 1.54) is 32.1 Å². The zero-order chi connectivity index (χ0) is 15.0. The molecule has 3 nitrogen and oxygen atoms in total. The number of amides is 1. The van der Waals surface area contributed by atoms with Crippen LogP contribution in [0, 0.1) is 17.8 Å². The van der Waals surface area contributed by atoms with Gasteiger partial charge in [-0.15, -0.1) is 0 Å². The lowest BCUT2D eigenvalue weighted by molar-refractivity contribution is -0.133. The van der Waals surface area contributed by atoms with Gasteiger partial charge in [-0.3, -0.25) is 10.1 Å². The smallest absolute Gasteiger partial charge is 0.241 e. The highest BCUT2D eigenvalue weighted by atomic mass is 16.2. The third kappa shape index (κ3) is 3.44. The van der Waals surface area contributed by atoms with Crippen molar-refractivity contribution in [3.63, 3.8) is 0 Å². The summed E-state index contributed by atoms with van der Waals surface area (Å²) >= 11 is 0. The van der Waals surface area contributed by atoms with Crippen LogP contribution in [0.15, 0.2) is 0 Å². The first kappa shape index (κ1) is 15.3. The van der Waals surface area contributed by atoms with E-state index in [0.717, 1.165) is 31.1 Å². The van der Waals surface area contributed by atoms with Gasteiger partial charge >= 0.3 is 0 Å². The van der Waals surface area contributed by atoms with Crippen LogP contribution in [0.2, 0.25) is 0 Å². The first-order valence-corrected chi connectivity index (χ1v) is 9.20. The fourth-order valence-electron chi connectivity index (χ4n) is 4.03. The number of unbranched alkanes of at least 4 members (excludes halogenated alkanes) is 1. The zero-order valence-electron chi connectivity index (χ0n) is 14.0. The molecule has 0 radical (unpaired) electrons. The Balaban J connectivity index is 1.74. The van der Waals surface area contributed by atoms with Gasteiger partial charge in [0.2, 0.25) is 5.91 Å². The first-order chi connectivity index (χ1) is 10.1. The molecule has 0 aromatic rings. The van der Waals surface area contributed by atoms with Crippen molar-refractivity contribution in [3.8, 4) is 0 Å². The van der Waals surface area contributed by atoms with Crippen molar-refractivity contribution in [1.29, 1.82) is 0 Å². The fraction of sp³-hybridized carbons (Fsp3) is 0.944. The minimum Gasteiger partial charge on any atom is -0.322 e. The van der Waals surface area contributed by atoms with Gasteiger partial charge in [0, 0.05) is 6.04 Å². The second-order valence-electron chi connectivity index (χ2n) is 7.92. The van der Waals surface area contributed by atoms with E-state index in [1.54, 1.807) is 0 Å². The Morgan fingerprint density at radius 1 is 1.19 bits per heavy atom. The fourth-order valence-corrected chi connectivity index (χ4v) is 4.03. The maximum Gasteiger partial charge on any atom is 0.241 e. The number of nitrogens with zero attached hydrogens (tertiary/aromatic N) is 1. The highest BCUT2D eigenvalue weighted by Crippen LogP contribution is 2.48. The van der Waals surface area contributed by atoms with Crippen LogP contribution in [0.1, 0.15) is 72.1 Å². The molecule has 3 heteroatoms. The minimum absolute atomic E-state index is 0.0914. The average molecular weight is 292 g/mol. The van der Waals surface area contributed by atoms with Crippen molar-refractivity contribution >= 4 is 5.91 Å². The molecule has 1 N–H and O–H groups in total. The molecular formula is C18H32N2O. The standard InChI is InChI=1S/C18H32N2O/c1-4-5-6-15-18(21)20(16(19-15)11-12(2)3)17(13-7-8-13)14-9-10-14/h12-17,19H,4-11H2,1-3H3. The molecule has 2 aliphatic carbocycles. The molecule has 0 spiro atoms. The lowest BCUT2D eigenvalue weighted by Gasteiger charge is -2.34. The van der Waals surface area contributed by atoms with E-state index in [9.17, 15) is 4.79 Å². The van der Waals surface area contributed by atoms with Gasteiger partial charge in [-0.25, -0.2) is 0 Å². The summed E-state index contributed by atoms with van der Waals surface area (Å²) in [6.45, 7) is 6.75. The summed E-state index contributed by atoms with van der Waals surface area (Å²) in [6.07, 6.45) is 10.1. The molecule has 0 aromatic carbocycles. The molecule has 1 heterocycles. The number of carbonyl (C=O) groups excluding carboxylic acids is 1. The third-order valence-electron chi connectivity index (χ3n) is 5.35. The summed E-state index contributed by atoms with van der Waals surface area (Å²) < 4.78 is 0. The normalized spacial score (nSPS) is 30.0. The lowest BCUT2D eigenvalue weighted by Crippen LogP contribution is -2.47. The second kappa shape index (κ2) is 6.28. The Hall–Kier alpha value is -0.570. The maximum absolute atomic E-state index is 13.0. The van der Waals surface area contributed by atoms with Crippen molar-refractivity contribution < 1.29 is 4.79 Å². The molecule has 2 saturated carbocycles. The van der Waals surface area contributed by atoms with E-state index >= 15 is 0 Å². The topological polar surface area (TPSA) is 32.3 Å². The van der Waals surface area contributed by atoms with E-state index in [-0.39, 0.29) is 6.04 Å². The third-order valence-corrected chi connectivity index (χ3v) is 5.35. The predicted molar refractivity (Wildman–Crippen MR) is 85.8 cm³/mol. The number of nitrogens with one attached hydrogen (secondary N) is 1. The zero-order valence-corrected chi connectivity index (χ0v) is 14.0. The number of rotatable bonds is 8. The Kier molecular flexibility index (Phi) is 4.58. The molecule has 120 valence electrons. The Morgan fingerprint density at radius 2 is 1.81 bits per heavy atom. The molecule has 21 heavy (non-hydrogen) atoms. The molecule has 3 aliphatic rings. The largest absolute Gasteiger partial charge is 0.322 e. The Labute approximate surface area is 129 Å². The molecule has 3 fully saturated rings. The van der Waals surface area contributed by atoms with Gasteiger partial charge in [-0.1, -0.05) is 33.6 Å². The molecule has 1 saturated heterocycles. The Morgan fingerprint density at radius 3 is 2.29 bits per heavy atom. The summed E-state index contributed by atoms with van der Waals surface area (Å²) in [7, 11) is 0. The van der Waals surface area contributed by atoms with Gasteiger partial charge in [0.05, 0.1) is 12.2 Å². The van der Waals surface area contributed by atoms with Crippen LogP contribution in [-0.4, -0.2) is 29.1 Å². The summed E-state index contributed by atoms with van der Waals surface area (Å²) in [6, 6.07) is 0.647. The number of carbonyl (C=O) groups is 1. The van der Waals surface area contributed by atoms with Gasteiger partial charge in [-0.2, -0.15) is 0 Å². The van der Waals surface area contributed by atoms with Crippen molar-refractivity contribution in [2.24, 2.45) is 17.8 Å². The molecule has 1 aliphatic heterocycles. The monoisotopic (exact) mass is 292 g/mol. The molecule has 1 amide bonds. The van der Waals surface area contributed by atoms with Crippen LogP contribution < -0.4 is 5.32 Å². The lowest BCUT2D eigenvalue weighted by atomic mass is 10.0. The van der Waals surface area contributed by atoms with E-state index in [2.05, 4.69) is 31.0 Å². The second-order valence-corrected chi connectivity index (χ2v) is 7.92. The van der Waals surface area contributed by atoms with Gasteiger partial charge < -0.3 is 4.90 Å². The maximum atomic E-state index is 13.0. The van der Waals surface area contributed by atoms with Crippen LogP contribution in [-0.2, 0) is 4.79 Å². The highest BCUT2D eigenvalue weighted by molar-refractivity contribution is 5.84. The molecule has 2 atom stereocenters. The molecule has 3 rings (SSSR count). The Bertz CT molecular complexity index is 361. The van der Waals surface area contributed by atoms with Crippen molar-refractivity contribution in [2.45, 2.75) is 90.4 Å². The van der Waals surface area contributed by atoms with Crippen molar-refractivity contribution in [3.05, 3.63) is 0 Å². The van der Waals surface area contributed by atoms with Crippen LogP contribution in [0.3, 0.4) is 0 Å². The van der Waals surface area contributed by atoms with Crippen molar-refractivity contribution in [2.75, 3.05) is 0 Å². The number of hydrogen-bond acceptors (Lipinski definition) is 2. The van der Waals surface area contributed by atoms with Crippen LogP contribution in [0.5, 0.6) is 0 Å². The predicted octanol–water partition coefficient (Wildman–Crippen LogP) is 3.54. The van der Waals surface area contributed by atoms with Gasteiger partial charge in [0.1, 0.15) is 0 Å². The van der Waals surface area contributed by atoms with Gasteiger partial charge in [0.25, 0.3) is 0 Å².